The first-order valence-corrected chi connectivity index (χ1v) is 3.77. The van der Waals surface area contributed by atoms with Gasteiger partial charge < -0.3 is 10.4 Å². The van der Waals surface area contributed by atoms with Gasteiger partial charge in [-0.1, -0.05) is 0 Å². The zero-order chi connectivity index (χ0) is 6.53. The average Bonchev–Trinajstić information content (AvgIpc) is 2.34. The fourth-order valence-electron chi connectivity index (χ4n) is 1.34. The molecule has 2 N–H and O–H groups in total. The number of rotatable bonds is 3. The molecule has 0 aromatic rings. The summed E-state index contributed by atoms with van der Waals surface area (Å²) in [4.78, 5) is 0. The summed E-state index contributed by atoms with van der Waals surface area (Å²) in [6, 6.07) is 0.706. The van der Waals surface area contributed by atoms with Gasteiger partial charge in [-0.3, -0.25) is 0 Å². The Bertz CT molecular complexity index is 69.3. The predicted octanol–water partition coefficient (Wildman–Crippen LogP) is 0.511. The van der Waals surface area contributed by atoms with E-state index in [1.54, 1.807) is 0 Å². The standard InChI is InChI=1S/C7H15NO/c9-6-2-4-7-3-1-5-8-7/h7-9H,1-6H2. The maximum Gasteiger partial charge on any atom is 0.0431 e. The fourth-order valence-corrected chi connectivity index (χ4v) is 1.34. The van der Waals surface area contributed by atoms with Crippen molar-refractivity contribution in [1.29, 1.82) is 0 Å². The molecule has 1 unspecified atom stereocenters. The maximum atomic E-state index is 8.50. The van der Waals surface area contributed by atoms with Gasteiger partial charge in [0, 0.05) is 12.6 Å². The van der Waals surface area contributed by atoms with E-state index in [4.69, 9.17) is 5.11 Å². The largest absolute Gasteiger partial charge is 0.396 e. The lowest BCUT2D eigenvalue weighted by atomic mass is 10.1. The summed E-state index contributed by atoms with van der Waals surface area (Å²) in [7, 11) is 0. The molecule has 0 amide bonds. The van der Waals surface area contributed by atoms with Crippen molar-refractivity contribution in [2.75, 3.05) is 13.2 Å². The smallest absolute Gasteiger partial charge is 0.0431 e. The molecule has 1 rings (SSSR count). The van der Waals surface area contributed by atoms with Crippen LogP contribution in [0.15, 0.2) is 0 Å². The molecule has 1 heterocycles. The Balaban J connectivity index is 1.98. The highest BCUT2D eigenvalue weighted by molar-refractivity contribution is 4.73. The van der Waals surface area contributed by atoms with Gasteiger partial charge in [-0.2, -0.15) is 0 Å². The summed E-state index contributed by atoms with van der Waals surface area (Å²) in [5.41, 5.74) is 0. The van der Waals surface area contributed by atoms with Crippen LogP contribution in [0.25, 0.3) is 0 Å². The number of aliphatic hydroxyl groups excluding tert-OH is 1. The summed E-state index contributed by atoms with van der Waals surface area (Å²) in [5, 5.41) is 11.9. The Hall–Kier alpha value is -0.0800. The Morgan fingerprint density at radius 3 is 3.00 bits per heavy atom. The van der Waals surface area contributed by atoms with Gasteiger partial charge in [-0.05, 0) is 32.2 Å². The molecule has 0 aromatic heterocycles. The van der Waals surface area contributed by atoms with Crippen LogP contribution in [0.1, 0.15) is 25.7 Å². The average molecular weight is 129 g/mol. The van der Waals surface area contributed by atoms with E-state index in [0.717, 1.165) is 12.8 Å². The normalized spacial score (nSPS) is 27.0. The topological polar surface area (TPSA) is 32.3 Å². The highest BCUT2D eigenvalue weighted by Crippen LogP contribution is 2.09. The maximum absolute atomic E-state index is 8.50. The van der Waals surface area contributed by atoms with Gasteiger partial charge in [0.2, 0.25) is 0 Å². The third-order valence-electron chi connectivity index (χ3n) is 1.87. The van der Waals surface area contributed by atoms with E-state index in [9.17, 15) is 0 Å². The van der Waals surface area contributed by atoms with E-state index < -0.39 is 0 Å². The van der Waals surface area contributed by atoms with Crippen molar-refractivity contribution in [2.24, 2.45) is 0 Å². The van der Waals surface area contributed by atoms with Crippen LogP contribution in [0.2, 0.25) is 0 Å². The second-order valence-electron chi connectivity index (χ2n) is 2.66. The molecule has 0 bridgehead atoms. The van der Waals surface area contributed by atoms with Gasteiger partial charge in [0.25, 0.3) is 0 Å². The van der Waals surface area contributed by atoms with Crippen molar-refractivity contribution in [1.82, 2.24) is 5.32 Å². The van der Waals surface area contributed by atoms with E-state index >= 15 is 0 Å². The summed E-state index contributed by atoms with van der Waals surface area (Å²) in [6.07, 6.45) is 4.73. The lowest BCUT2D eigenvalue weighted by Gasteiger charge is -2.06. The van der Waals surface area contributed by atoms with Crippen molar-refractivity contribution >= 4 is 0 Å². The first kappa shape index (κ1) is 7.03. The van der Waals surface area contributed by atoms with Crippen LogP contribution < -0.4 is 5.32 Å². The highest BCUT2D eigenvalue weighted by Gasteiger charge is 2.11. The minimum atomic E-state index is 0.345. The van der Waals surface area contributed by atoms with E-state index in [2.05, 4.69) is 5.32 Å². The van der Waals surface area contributed by atoms with Crippen LogP contribution in [-0.4, -0.2) is 24.3 Å². The summed E-state index contributed by atoms with van der Waals surface area (Å²) < 4.78 is 0. The fraction of sp³-hybridized carbons (Fsp3) is 1.00. The van der Waals surface area contributed by atoms with E-state index in [1.165, 1.54) is 19.4 Å². The Morgan fingerprint density at radius 1 is 1.56 bits per heavy atom. The molecule has 1 fully saturated rings. The second kappa shape index (κ2) is 3.85. The van der Waals surface area contributed by atoms with Gasteiger partial charge >= 0.3 is 0 Å². The molecule has 1 aliphatic rings. The summed E-state index contributed by atoms with van der Waals surface area (Å²) in [5.74, 6) is 0. The van der Waals surface area contributed by atoms with E-state index in [-0.39, 0.29) is 0 Å². The number of nitrogens with one attached hydrogen (secondary N) is 1. The quantitative estimate of drug-likeness (QED) is 0.582. The molecule has 54 valence electrons. The molecule has 0 aliphatic carbocycles. The van der Waals surface area contributed by atoms with Gasteiger partial charge in [0.05, 0.1) is 0 Å². The molecular formula is C7H15NO. The van der Waals surface area contributed by atoms with Crippen molar-refractivity contribution in [3.63, 3.8) is 0 Å². The molecule has 0 radical (unpaired) electrons. The molecule has 1 saturated heterocycles. The molecule has 1 atom stereocenters. The monoisotopic (exact) mass is 129 g/mol. The zero-order valence-electron chi connectivity index (χ0n) is 5.77. The van der Waals surface area contributed by atoms with Gasteiger partial charge in [0.1, 0.15) is 0 Å². The van der Waals surface area contributed by atoms with Crippen molar-refractivity contribution < 1.29 is 5.11 Å². The minimum absolute atomic E-state index is 0.345. The summed E-state index contributed by atoms with van der Waals surface area (Å²) in [6.45, 7) is 1.52. The number of hydrogen-bond donors (Lipinski definition) is 2. The first-order chi connectivity index (χ1) is 4.43. The molecule has 2 nitrogen and oxygen atoms in total. The summed E-state index contributed by atoms with van der Waals surface area (Å²) >= 11 is 0. The zero-order valence-corrected chi connectivity index (χ0v) is 5.77. The minimum Gasteiger partial charge on any atom is -0.396 e. The van der Waals surface area contributed by atoms with Crippen LogP contribution in [0.5, 0.6) is 0 Å². The Labute approximate surface area is 56.3 Å². The van der Waals surface area contributed by atoms with Crippen LogP contribution in [0.4, 0.5) is 0 Å². The predicted molar refractivity (Wildman–Crippen MR) is 37.3 cm³/mol. The third kappa shape index (κ3) is 2.33. The third-order valence-corrected chi connectivity index (χ3v) is 1.87. The van der Waals surface area contributed by atoms with Crippen LogP contribution >= 0.6 is 0 Å². The molecular weight excluding hydrogens is 114 g/mol. The molecule has 0 saturated carbocycles. The van der Waals surface area contributed by atoms with Gasteiger partial charge in [-0.25, -0.2) is 0 Å². The van der Waals surface area contributed by atoms with Crippen LogP contribution in [-0.2, 0) is 0 Å². The van der Waals surface area contributed by atoms with Gasteiger partial charge in [-0.15, -0.1) is 0 Å². The first-order valence-electron chi connectivity index (χ1n) is 3.77. The van der Waals surface area contributed by atoms with Crippen molar-refractivity contribution in [3.05, 3.63) is 0 Å². The molecule has 0 aromatic carbocycles. The van der Waals surface area contributed by atoms with E-state index in [0.29, 0.717) is 12.6 Å². The van der Waals surface area contributed by atoms with Crippen LogP contribution in [0.3, 0.4) is 0 Å². The Morgan fingerprint density at radius 2 is 2.44 bits per heavy atom. The SMILES string of the molecule is OCCCC1CCCN1. The second-order valence-corrected chi connectivity index (χ2v) is 2.66. The number of hydrogen-bond acceptors (Lipinski definition) is 2. The lowest BCUT2D eigenvalue weighted by Crippen LogP contribution is -2.21. The van der Waals surface area contributed by atoms with Gasteiger partial charge in [0.15, 0.2) is 0 Å². The Kier molecular flexibility index (Phi) is 3.01. The number of aliphatic hydroxyl groups is 1. The highest BCUT2D eigenvalue weighted by atomic mass is 16.2. The molecule has 2 heteroatoms. The van der Waals surface area contributed by atoms with E-state index in [1.807, 2.05) is 0 Å². The molecule has 0 spiro atoms. The van der Waals surface area contributed by atoms with Crippen molar-refractivity contribution in [2.45, 2.75) is 31.7 Å². The molecule has 9 heavy (non-hydrogen) atoms. The van der Waals surface area contributed by atoms with Crippen molar-refractivity contribution in [3.8, 4) is 0 Å². The molecule has 1 aliphatic heterocycles. The van der Waals surface area contributed by atoms with Crippen LogP contribution in [0, 0.1) is 0 Å². The lowest BCUT2D eigenvalue weighted by molar-refractivity contribution is 0.277.